The summed E-state index contributed by atoms with van der Waals surface area (Å²) >= 11 is 0. The van der Waals surface area contributed by atoms with Crippen molar-refractivity contribution in [2.45, 2.75) is 57.9 Å². The molecule has 3 heteroatoms. The molecule has 3 rings (SSSR count). The Morgan fingerprint density at radius 1 is 1.19 bits per heavy atom. The zero-order chi connectivity index (χ0) is 14.8. The van der Waals surface area contributed by atoms with Gasteiger partial charge in [-0.3, -0.25) is 4.79 Å². The van der Waals surface area contributed by atoms with Gasteiger partial charge in [0.15, 0.2) is 0 Å². The van der Waals surface area contributed by atoms with E-state index in [1.807, 2.05) is 19.1 Å². The zero-order valence-corrected chi connectivity index (χ0v) is 12.7. The highest BCUT2D eigenvalue weighted by molar-refractivity contribution is 5.79. The Labute approximate surface area is 126 Å². The SMILES string of the molecule is Cc1ccc([C@H](NC(=O)C2CCCCC2)C2CC2)c(F)c1. The lowest BCUT2D eigenvalue weighted by atomic mass is 9.88. The van der Waals surface area contributed by atoms with Crippen LogP contribution in [0.15, 0.2) is 18.2 Å². The minimum absolute atomic E-state index is 0.131. The molecule has 2 nitrogen and oxygen atoms in total. The van der Waals surface area contributed by atoms with Crippen LogP contribution in [0.1, 0.15) is 62.1 Å². The maximum Gasteiger partial charge on any atom is 0.223 e. The third-order valence-electron chi connectivity index (χ3n) is 4.86. The number of halogens is 1. The second-order valence-electron chi connectivity index (χ2n) is 6.68. The number of hydrogen-bond donors (Lipinski definition) is 1. The van der Waals surface area contributed by atoms with Crippen LogP contribution in [0.2, 0.25) is 0 Å². The lowest BCUT2D eigenvalue weighted by Gasteiger charge is -2.25. The van der Waals surface area contributed by atoms with E-state index in [2.05, 4.69) is 5.32 Å². The second-order valence-corrected chi connectivity index (χ2v) is 6.68. The van der Waals surface area contributed by atoms with Gasteiger partial charge < -0.3 is 5.32 Å². The Hall–Kier alpha value is -1.38. The summed E-state index contributed by atoms with van der Waals surface area (Å²) in [5.41, 5.74) is 1.58. The van der Waals surface area contributed by atoms with Crippen LogP contribution in [0.4, 0.5) is 4.39 Å². The van der Waals surface area contributed by atoms with E-state index >= 15 is 0 Å². The Bertz CT molecular complexity index is 518. The minimum Gasteiger partial charge on any atom is -0.349 e. The van der Waals surface area contributed by atoms with Gasteiger partial charge in [0, 0.05) is 11.5 Å². The minimum atomic E-state index is -0.184. The highest BCUT2D eigenvalue weighted by Crippen LogP contribution is 2.42. The molecule has 0 saturated heterocycles. The summed E-state index contributed by atoms with van der Waals surface area (Å²) in [6.45, 7) is 1.89. The van der Waals surface area contributed by atoms with Crippen LogP contribution in [0, 0.1) is 24.6 Å². The maximum absolute atomic E-state index is 14.2. The molecule has 114 valence electrons. The van der Waals surface area contributed by atoms with E-state index in [1.54, 1.807) is 6.07 Å². The first-order valence-electron chi connectivity index (χ1n) is 8.21. The molecule has 2 aliphatic rings. The highest BCUT2D eigenvalue weighted by atomic mass is 19.1. The summed E-state index contributed by atoms with van der Waals surface area (Å²) in [4.78, 5) is 12.5. The molecule has 0 radical (unpaired) electrons. The first-order chi connectivity index (χ1) is 10.1. The predicted molar refractivity (Wildman–Crippen MR) is 81.3 cm³/mol. The molecule has 1 amide bonds. The lowest BCUT2D eigenvalue weighted by molar-refractivity contribution is -0.126. The molecule has 0 spiro atoms. The van der Waals surface area contributed by atoms with E-state index in [4.69, 9.17) is 0 Å². The first-order valence-corrected chi connectivity index (χ1v) is 8.21. The van der Waals surface area contributed by atoms with Gasteiger partial charge >= 0.3 is 0 Å². The fraction of sp³-hybridized carbons (Fsp3) is 0.611. The fourth-order valence-electron chi connectivity index (χ4n) is 3.40. The van der Waals surface area contributed by atoms with Crippen LogP contribution in [0.25, 0.3) is 0 Å². The number of nitrogens with one attached hydrogen (secondary N) is 1. The standard InChI is InChI=1S/C18H24FNO/c1-12-7-10-15(16(19)11-12)17(13-8-9-13)20-18(21)14-5-3-2-4-6-14/h7,10-11,13-14,17H,2-6,8-9H2,1H3,(H,20,21)/t17-/m1/s1. The number of hydrogen-bond acceptors (Lipinski definition) is 1. The van der Waals surface area contributed by atoms with Crippen LogP contribution < -0.4 is 5.32 Å². The topological polar surface area (TPSA) is 29.1 Å². The first kappa shape index (κ1) is 14.6. The Kier molecular flexibility index (Phi) is 4.27. The van der Waals surface area contributed by atoms with E-state index in [-0.39, 0.29) is 23.7 Å². The van der Waals surface area contributed by atoms with Crippen molar-refractivity contribution >= 4 is 5.91 Å². The summed E-state index contributed by atoms with van der Waals surface area (Å²) in [7, 11) is 0. The predicted octanol–water partition coefficient (Wildman–Crippen LogP) is 4.28. The van der Waals surface area contributed by atoms with Gasteiger partial charge in [-0.1, -0.05) is 31.4 Å². The largest absolute Gasteiger partial charge is 0.349 e. The van der Waals surface area contributed by atoms with Crippen molar-refractivity contribution in [1.82, 2.24) is 5.32 Å². The van der Waals surface area contributed by atoms with Crippen molar-refractivity contribution in [2.24, 2.45) is 11.8 Å². The molecule has 1 N–H and O–H groups in total. The fourth-order valence-corrected chi connectivity index (χ4v) is 3.40. The number of carbonyl (C=O) groups excluding carboxylic acids is 1. The Morgan fingerprint density at radius 2 is 1.90 bits per heavy atom. The van der Waals surface area contributed by atoms with Gasteiger partial charge in [-0.05, 0) is 50.2 Å². The molecule has 2 saturated carbocycles. The van der Waals surface area contributed by atoms with E-state index in [0.29, 0.717) is 11.5 Å². The van der Waals surface area contributed by atoms with E-state index < -0.39 is 0 Å². The molecular formula is C18H24FNO. The quantitative estimate of drug-likeness (QED) is 0.880. The smallest absolute Gasteiger partial charge is 0.223 e. The van der Waals surface area contributed by atoms with Crippen molar-refractivity contribution in [2.75, 3.05) is 0 Å². The average Bonchev–Trinajstić information content (AvgIpc) is 3.31. The number of carbonyl (C=O) groups is 1. The van der Waals surface area contributed by atoms with Crippen LogP contribution in [-0.4, -0.2) is 5.91 Å². The third kappa shape index (κ3) is 3.45. The van der Waals surface area contributed by atoms with Crippen molar-refractivity contribution in [3.8, 4) is 0 Å². The van der Waals surface area contributed by atoms with Gasteiger partial charge in [0.05, 0.1) is 6.04 Å². The molecular weight excluding hydrogens is 265 g/mol. The lowest BCUT2D eigenvalue weighted by Crippen LogP contribution is -2.36. The Balaban J connectivity index is 1.74. The molecule has 21 heavy (non-hydrogen) atoms. The van der Waals surface area contributed by atoms with Gasteiger partial charge in [-0.15, -0.1) is 0 Å². The molecule has 0 unspecified atom stereocenters. The van der Waals surface area contributed by atoms with E-state index in [9.17, 15) is 9.18 Å². The van der Waals surface area contributed by atoms with E-state index in [1.165, 1.54) is 6.42 Å². The maximum atomic E-state index is 14.2. The van der Waals surface area contributed by atoms with Crippen molar-refractivity contribution in [1.29, 1.82) is 0 Å². The number of rotatable bonds is 4. The highest BCUT2D eigenvalue weighted by Gasteiger charge is 2.36. The molecule has 0 aromatic heterocycles. The molecule has 1 aromatic carbocycles. The molecule has 0 bridgehead atoms. The molecule has 1 aromatic rings. The van der Waals surface area contributed by atoms with Gasteiger partial charge in [0.2, 0.25) is 5.91 Å². The molecule has 1 atom stereocenters. The van der Waals surface area contributed by atoms with Crippen LogP contribution in [-0.2, 0) is 4.79 Å². The van der Waals surface area contributed by atoms with E-state index in [0.717, 1.165) is 44.1 Å². The molecule has 0 aliphatic heterocycles. The van der Waals surface area contributed by atoms with Crippen molar-refractivity contribution in [3.63, 3.8) is 0 Å². The van der Waals surface area contributed by atoms with Gasteiger partial charge in [-0.25, -0.2) is 4.39 Å². The summed E-state index contributed by atoms with van der Waals surface area (Å²) in [6.07, 6.45) is 7.67. The molecule has 2 fully saturated rings. The third-order valence-corrected chi connectivity index (χ3v) is 4.86. The number of aryl methyl sites for hydroxylation is 1. The van der Waals surface area contributed by atoms with Gasteiger partial charge in [0.25, 0.3) is 0 Å². The van der Waals surface area contributed by atoms with Crippen molar-refractivity contribution in [3.05, 3.63) is 35.1 Å². The molecule has 0 heterocycles. The van der Waals surface area contributed by atoms with Gasteiger partial charge in [0.1, 0.15) is 5.82 Å². The summed E-state index contributed by atoms with van der Waals surface area (Å²) in [5.74, 6) is 0.491. The van der Waals surface area contributed by atoms with Crippen LogP contribution in [0.5, 0.6) is 0 Å². The monoisotopic (exact) mass is 289 g/mol. The van der Waals surface area contributed by atoms with Crippen LogP contribution in [0.3, 0.4) is 0 Å². The normalized spacial score (nSPS) is 21.0. The van der Waals surface area contributed by atoms with Crippen LogP contribution >= 0.6 is 0 Å². The van der Waals surface area contributed by atoms with Gasteiger partial charge in [-0.2, -0.15) is 0 Å². The second kappa shape index (κ2) is 6.17. The Morgan fingerprint density at radius 3 is 2.52 bits per heavy atom. The summed E-state index contributed by atoms with van der Waals surface area (Å²) in [5, 5.41) is 3.15. The molecule has 2 aliphatic carbocycles. The van der Waals surface area contributed by atoms with Crippen molar-refractivity contribution < 1.29 is 9.18 Å². The summed E-state index contributed by atoms with van der Waals surface area (Å²) < 4.78 is 14.2. The summed E-state index contributed by atoms with van der Waals surface area (Å²) in [6, 6.07) is 5.20. The average molecular weight is 289 g/mol. The number of benzene rings is 1. The zero-order valence-electron chi connectivity index (χ0n) is 12.7. The number of amides is 1.